The Morgan fingerprint density at radius 3 is 2.39 bits per heavy atom. The lowest BCUT2D eigenvalue weighted by Crippen LogP contribution is -2.52. The Balaban J connectivity index is 4.65. The quantitative estimate of drug-likeness (QED) is 0.0955. The van der Waals surface area contributed by atoms with E-state index >= 15 is 0 Å². The van der Waals surface area contributed by atoms with E-state index in [0.717, 1.165) is 0 Å². The van der Waals surface area contributed by atoms with Gasteiger partial charge in [-0.25, -0.2) is 4.79 Å². The topological polar surface area (TPSA) is 146 Å². The zero-order valence-electron chi connectivity index (χ0n) is 13.3. The number of hydrogen-bond donors (Lipinski definition) is 6. The molecule has 0 aromatic carbocycles. The van der Waals surface area contributed by atoms with Gasteiger partial charge in [0.05, 0.1) is 6.61 Å². The molecular formula is C13H25N5O4S. The van der Waals surface area contributed by atoms with Gasteiger partial charge in [0.2, 0.25) is 11.8 Å². The Morgan fingerprint density at radius 1 is 1.26 bits per heavy atom. The number of carbonyl (C=O) groups excluding carboxylic acids is 3. The number of thiol groups is 1. The van der Waals surface area contributed by atoms with Crippen LogP contribution in [0, 0.1) is 5.41 Å². The second kappa shape index (κ2) is 11.6. The van der Waals surface area contributed by atoms with Crippen LogP contribution in [-0.2, 0) is 19.1 Å². The fraction of sp³-hybridized carbons (Fsp3) is 0.692. The molecular weight excluding hydrogens is 322 g/mol. The molecule has 0 aliphatic carbocycles. The second-order valence-electron chi connectivity index (χ2n) is 4.73. The van der Waals surface area contributed by atoms with Crippen molar-refractivity contribution in [3.8, 4) is 0 Å². The molecule has 0 radical (unpaired) electrons. The summed E-state index contributed by atoms with van der Waals surface area (Å²) in [5.41, 5.74) is 5.16. The molecule has 23 heavy (non-hydrogen) atoms. The zero-order valence-corrected chi connectivity index (χ0v) is 14.2. The van der Waals surface area contributed by atoms with Crippen LogP contribution in [-0.4, -0.2) is 54.7 Å². The highest BCUT2D eigenvalue weighted by Gasteiger charge is 2.26. The van der Waals surface area contributed by atoms with Crippen LogP contribution in [0.2, 0.25) is 0 Å². The van der Waals surface area contributed by atoms with E-state index in [9.17, 15) is 14.4 Å². The second-order valence-corrected chi connectivity index (χ2v) is 5.10. The van der Waals surface area contributed by atoms with Crippen LogP contribution in [0.5, 0.6) is 0 Å². The molecule has 0 bridgehead atoms. The molecule has 0 spiro atoms. The molecule has 0 unspecified atom stereocenters. The van der Waals surface area contributed by atoms with Crippen LogP contribution in [0.3, 0.4) is 0 Å². The first-order valence-electron chi connectivity index (χ1n) is 7.24. The van der Waals surface area contributed by atoms with E-state index in [2.05, 4.69) is 28.6 Å². The molecule has 0 fully saturated rings. The minimum Gasteiger partial charge on any atom is -0.464 e. The van der Waals surface area contributed by atoms with Crippen molar-refractivity contribution in [3.63, 3.8) is 0 Å². The Morgan fingerprint density at radius 2 is 1.91 bits per heavy atom. The van der Waals surface area contributed by atoms with Gasteiger partial charge in [-0.05, 0) is 19.8 Å². The normalized spacial score (nSPS) is 12.7. The van der Waals surface area contributed by atoms with Crippen LogP contribution in [0.15, 0.2) is 0 Å². The van der Waals surface area contributed by atoms with Gasteiger partial charge < -0.3 is 26.4 Å². The number of esters is 1. The van der Waals surface area contributed by atoms with Gasteiger partial charge in [-0.3, -0.25) is 15.0 Å². The predicted octanol–water partition coefficient (Wildman–Crippen LogP) is -1.27. The molecule has 10 heteroatoms. The van der Waals surface area contributed by atoms with Crippen molar-refractivity contribution in [2.75, 3.05) is 18.9 Å². The summed E-state index contributed by atoms with van der Waals surface area (Å²) >= 11 is 4.01. The summed E-state index contributed by atoms with van der Waals surface area (Å²) in [6.45, 7) is 3.54. The summed E-state index contributed by atoms with van der Waals surface area (Å²) < 4.78 is 4.93. The van der Waals surface area contributed by atoms with Crippen LogP contribution in [0.1, 0.15) is 26.7 Å². The summed E-state index contributed by atoms with van der Waals surface area (Å²) in [6, 6.07) is -1.67. The number of rotatable bonds is 10. The molecule has 6 N–H and O–H groups in total. The third-order valence-electron chi connectivity index (χ3n) is 2.75. The smallest absolute Gasteiger partial charge is 0.328 e. The monoisotopic (exact) mass is 347 g/mol. The first-order valence-corrected chi connectivity index (χ1v) is 7.87. The van der Waals surface area contributed by atoms with Crippen LogP contribution in [0.25, 0.3) is 0 Å². The highest BCUT2D eigenvalue weighted by atomic mass is 32.1. The Hall–Kier alpha value is -1.97. The molecule has 0 aromatic heterocycles. The average Bonchev–Trinajstić information content (AvgIpc) is 2.47. The van der Waals surface area contributed by atoms with Gasteiger partial charge in [-0.2, -0.15) is 12.6 Å². The molecule has 2 amide bonds. The third-order valence-corrected chi connectivity index (χ3v) is 3.11. The number of ether oxygens (including phenoxy) is 1. The van der Waals surface area contributed by atoms with E-state index in [-0.39, 0.29) is 24.2 Å². The maximum absolute atomic E-state index is 12.1. The minimum absolute atomic E-state index is 0.104. The van der Waals surface area contributed by atoms with Gasteiger partial charge in [0.1, 0.15) is 12.1 Å². The molecule has 0 aliphatic rings. The van der Waals surface area contributed by atoms with E-state index in [1.54, 1.807) is 6.92 Å². The van der Waals surface area contributed by atoms with E-state index in [4.69, 9.17) is 15.9 Å². The lowest BCUT2D eigenvalue weighted by molar-refractivity contribution is -0.147. The molecule has 0 aromatic rings. The summed E-state index contributed by atoms with van der Waals surface area (Å²) in [6.07, 6.45) is 0.805. The number of carbonyl (C=O) groups is 3. The SMILES string of the molecule is CCOC(=O)[C@H](CCCNC(=N)N)NC(=O)[C@H](CS)NC(C)=O. The van der Waals surface area contributed by atoms with Crippen molar-refractivity contribution >= 4 is 36.4 Å². The first-order chi connectivity index (χ1) is 10.8. The average molecular weight is 347 g/mol. The van der Waals surface area contributed by atoms with Gasteiger partial charge in [-0.1, -0.05) is 0 Å². The number of hydrogen-bond acceptors (Lipinski definition) is 6. The Bertz CT molecular complexity index is 433. The largest absolute Gasteiger partial charge is 0.464 e. The lowest BCUT2D eigenvalue weighted by Gasteiger charge is -2.21. The predicted molar refractivity (Wildman–Crippen MR) is 89.2 cm³/mol. The van der Waals surface area contributed by atoms with E-state index < -0.39 is 24.0 Å². The van der Waals surface area contributed by atoms with Gasteiger partial charge in [-0.15, -0.1) is 0 Å². The minimum atomic E-state index is -0.840. The summed E-state index contributed by atoms with van der Waals surface area (Å²) in [4.78, 5) is 35.1. The number of amides is 2. The van der Waals surface area contributed by atoms with Crippen molar-refractivity contribution in [1.29, 1.82) is 5.41 Å². The maximum atomic E-state index is 12.1. The van der Waals surface area contributed by atoms with Crippen molar-refractivity contribution in [3.05, 3.63) is 0 Å². The van der Waals surface area contributed by atoms with Crippen LogP contribution in [0.4, 0.5) is 0 Å². The molecule has 2 atom stereocenters. The van der Waals surface area contributed by atoms with Gasteiger partial charge >= 0.3 is 5.97 Å². The molecule has 9 nitrogen and oxygen atoms in total. The summed E-state index contributed by atoms with van der Waals surface area (Å²) in [5.74, 6) is -1.48. The Kier molecular flexibility index (Phi) is 10.6. The van der Waals surface area contributed by atoms with Gasteiger partial charge in [0, 0.05) is 19.2 Å². The summed E-state index contributed by atoms with van der Waals surface area (Å²) in [5, 5.41) is 14.7. The molecule has 132 valence electrons. The van der Waals surface area contributed by atoms with Gasteiger partial charge in [0.25, 0.3) is 0 Å². The molecule has 0 aliphatic heterocycles. The fourth-order valence-electron chi connectivity index (χ4n) is 1.73. The van der Waals surface area contributed by atoms with Crippen LogP contribution >= 0.6 is 12.6 Å². The molecule has 0 heterocycles. The van der Waals surface area contributed by atoms with Gasteiger partial charge in [0.15, 0.2) is 5.96 Å². The standard InChI is InChI=1S/C13H25N5O4S/c1-3-22-12(21)9(5-4-6-16-13(14)15)18-11(20)10(7-23)17-8(2)19/h9-10,23H,3-7H2,1-2H3,(H,17,19)(H,18,20)(H4,14,15,16)/t9-,10-/m0/s1. The van der Waals surface area contributed by atoms with Crippen molar-refractivity contribution in [1.82, 2.24) is 16.0 Å². The van der Waals surface area contributed by atoms with Crippen molar-refractivity contribution in [2.45, 2.75) is 38.8 Å². The fourth-order valence-corrected chi connectivity index (χ4v) is 1.99. The number of nitrogens with one attached hydrogen (secondary N) is 4. The highest BCUT2D eigenvalue weighted by molar-refractivity contribution is 7.80. The van der Waals surface area contributed by atoms with Crippen molar-refractivity contribution in [2.24, 2.45) is 5.73 Å². The summed E-state index contributed by atoms with van der Waals surface area (Å²) in [7, 11) is 0. The molecule has 0 rings (SSSR count). The Labute approximate surface area is 141 Å². The zero-order chi connectivity index (χ0) is 17.8. The molecule has 0 saturated carbocycles. The number of nitrogens with two attached hydrogens (primary N) is 1. The van der Waals surface area contributed by atoms with E-state index in [1.165, 1.54) is 6.92 Å². The number of guanidine groups is 1. The van der Waals surface area contributed by atoms with Crippen molar-refractivity contribution < 1.29 is 19.1 Å². The van der Waals surface area contributed by atoms with Crippen LogP contribution < -0.4 is 21.7 Å². The maximum Gasteiger partial charge on any atom is 0.328 e. The van der Waals surface area contributed by atoms with E-state index in [0.29, 0.717) is 19.4 Å². The highest BCUT2D eigenvalue weighted by Crippen LogP contribution is 2.02. The third kappa shape index (κ3) is 9.61. The molecule has 0 saturated heterocycles. The van der Waals surface area contributed by atoms with E-state index in [1.807, 2.05) is 0 Å². The first kappa shape index (κ1) is 21.0. The lowest BCUT2D eigenvalue weighted by atomic mass is 10.1.